The number of nitrogens with zero attached hydrogens (tertiary/aromatic N) is 1. The van der Waals surface area contributed by atoms with Crippen molar-refractivity contribution in [3.63, 3.8) is 0 Å². The van der Waals surface area contributed by atoms with Gasteiger partial charge in [-0.05, 0) is 44.0 Å². The molecule has 0 atom stereocenters. The molecule has 1 aliphatic rings. The first kappa shape index (κ1) is 13.4. The summed E-state index contributed by atoms with van der Waals surface area (Å²) < 4.78 is 0. The number of nitrogens with one attached hydrogen (secondary N) is 1. The van der Waals surface area contributed by atoms with Crippen molar-refractivity contribution in [1.82, 2.24) is 5.32 Å². The van der Waals surface area contributed by atoms with Crippen LogP contribution in [0.4, 0.5) is 5.69 Å². The number of rotatable bonds is 8. The van der Waals surface area contributed by atoms with Gasteiger partial charge in [-0.2, -0.15) is 0 Å². The van der Waals surface area contributed by atoms with E-state index < -0.39 is 0 Å². The molecule has 18 heavy (non-hydrogen) atoms. The highest BCUT2D eigenvalue weighted by molar-refractivity contribution is 5.57. The van der Waals surface area contributed by atoms with E-state index in [0.717, 1.165) is 6.54 Å². The van der Waals surface area contributed by atoms with Gasteiger partial charge in [-0.1, -0.05) is 38.0 Å². The molecular weight excluding hydrogens is 220 g/mol. The van der Waals surface area contributed by atoms with E-state index in [1.54, 1.807) is 0 Å². The highest BCUT2D eigenvalue weighted by atomic mass is 15.1. The molecule has 1 aliphatic heterocycles. The number of para-hydroxylation sites is 1. The van der Waals surface area contributed by atoms with Crippen LogP contribution in [0, 0.1) is 0 Å². The molecule has 0 aliphatic carbocycles. The number of unbranched alkanes of at least 4 members (excludes halogenated alkanes) is 3. The van der Waals surface area contributed by atoms with Crippen LogP contribution in [0.25, 0.3) is 0 Å². The Kier molecular flexibility index (Phi) is 5.53. The van der Waals surface area contributed by atoms with E-state index >= 15 is 0 Å². The zero-order valence-corrected chi connectivity index (χ0v) is 11.6. The van der Waals surface area contributed by atoms with Gasteiger partial charge in [-0.15, -0.1) is 0 Å². The van der Waals surface area contributed by atoms with Crippen LogP contribution in [0.3, 0.4) is 0 Å². The molecule has 0 radical (unpaired) electrons. The quantitative estimate of drug-likeness (QED) is 0.709. The third-order valence-electron chi connectivity index (χ3n) is 3.76. The Hall–Kier alpha value is -1.02. The molecule has 100 valence electrons. The van der Waals surface area contributed by atoms with E-state index in [0.29, 0.717) is 0 Å². The van der Waals surface area contributed by atoms with Gasteiger partial charge in [0.15, 0.2) is 0 Å². The number of benzene rings is 1. The molecule has 0 spiro atoms. The van der Waals surface area contributed by atoms with Crippen LogP contribution < -0.4 is 10.2 Å². The predicted octanol–water partition coefficient (Wildman–Crippen LogP) is 3.22. The fourth-order valence-corrected chi connectivity index (χ4v) is 2.72. The van der Waals surface area contributed by atoms with Gasteiger partial charge in [-0.25, -0.2) is 0 Å². The Balaban J connectivity index is 1.61. The Bertz CT molecular complexity index is 349. The van der Waals surface area contributed by atoms with Crippen molar-refractivity contribution in [2.75, 3.05) is 31.1 Å². The Morgan fingerprint density at radius 3 is 2.83 bits per heavy atom. The van der Waals surface area contributed by atoms with E-state index in [2.05, 4.69) is 41.4 Å². The second kappa shape index (κ2) is 7.42. The van der Waals surface area contributed by atoms with Gasteiger partial charge >= 0.3 is 0 Å². The summed E-state index contributed by atoms with van der Waals surface area (Å²) in [5.74, 6) is 0. The molecule has 0 aromatic heterocycles. The van der Waals surface area contributed by atoms with E-state index in [-0.39, 0.29) is 0 Å². The fourth-order valence-electron chi connectivity index (χ4n) is 2.72. The third-order valence-corrected chi connectivity index (χ3v) is 3.76. The van der Waals surface area contributed by atoms with Crippen LogP contribution >= 0.6 is 0 Å². The number of fused-ring (bicyclic) bond motifs is 1. The SMILES string of the molecule is CCNCCCCCCN1CCc2ccccc21. The molecule has 0 bridgehead atoms. The lowest BCUT2D eigenvalue weighted by molar-refractivity contribution is 0.594. The predicted molar refractivity (Wildman–Crippen MR) is 79.4 cm³/mol. The number of anilines is 1. The first-order valence-electron chi connectivity index (χ1n) is 7.45. The number of hydrogen-bond acceptors (Lipinski definition) is 2. The lowest BCUT2D eigenvalue weighted by Crippen LogP contribution is -2.21. The van der Waals surface area contributed by atoms with Crippen LogP contribution in [0.1, 0.15) is 38.2 Å². The smallest absolute Gasteiger partial charge is 0.0399 e. The average Bonchev–Trinajstić information content (AvgIpc) is 2.81. The summed E-state index contributed by atoms with van der Waals surface area (Å²) in [4.78, 5) is 2.56. The molecule has 2 rings (SSSR count). The topological polar surface area (TPSA) is 15.3 Å². The number of hydrogen-bond donors (Lipinski definition) is 1. The fraction of sp³-hybridized carbons (Fsp3) is 0.625. The van der Waals surface area contributed by atoms with Crippen LogP contribution in [0.2, 0.25) is 0 Å². The highest BCUT2D eigenvalue weighted by Gasteiger charge is 2.16. The third kappa shape index (κ3) is 3.74. The minimum absolute atomic E-state index is 1.10. The molecular formula is C16H26N2. The molecule has 2 nitrogen and oxygen atoms in total. The Morgan fingerprint density at radius 2 is 1.94 bits per heavy atom. The molecule has 0 unspecified atom stereocenters. The van der Waals surface area contributed by atoms with Crippen molar-refractivity contribution in [1.29, 1.82) is 0 Å². The monoisotopic (exact) mass is 246 g/mol. The van der Waals surface area contributed by atoms with Crippen molar-refractivity contribution in [2.45, 2.75) is 39.0 Å². The molecule has 1 N–H and O–H groups in total. The van der Waals surface area contributed by atoms with Gasteiger partial charge in [-0.3, -0.25) is 0 Å². The largest absolute Gasteiger partial charge is 0.371 e. The van der Waals surface area contributed by atoms with Gasteiger partial charge < -0.3 is 10.2 Å². The van der Waals surface area contributed by atoms with Crippen molar-refractivity contribution in [3.8, 4) is 0 Å². The van der Waals surface area contributed by atoms with Gasteiger partial charge in [0.25, 0.3) is 0 Å². The maximum atomic E-state index is 3.38. The van der Waals surface area contributed by atoms with E-state index in [9.17, 15) is 0 Å². The molecule has 0 saturated carbocycles. The van der Waals surface area contributed by atoms with Crippen molar-refractivity contribution in [3.05, 3.63) is 29.8 Å². The first-order chi connectivity index (χ1) is 8.92. The Morgan fingerprint density at radius 1 is 1.11 bits per heavy atom. The average molecular weight is 246 g/mol. The van der Waals surface area contributed by atoms with Crippen LogP contribution in [-0.4, -0.2) is 26.2 Å². The van der Waals surface area contributed by atoms with Gasteiger partial charge in [0.1, 0.15) is 0 Å². The summed E-state index contributed by atoms with van der Waals surface area (Å²) in [6.07, 6.45) is 6.62. The van der Waals surface area contributed by atoms with Gasteiger partial charge in [0.05, 0.1) is 0 Å². The van der Waals surface area contributed by atoms with Crippen LogP contribution in [-0.2, 0) is 6.42 Å². The first-order valence-corrected chi connectivity index (χ1v) is 7.45. The molecule has 0 saturated heterocycles. The maximum absolute atomic E-state index is 3.38. The van der Waals surface area contributed by atoms with Crippen LogP contribution in [0.15, 0.2) is 24.3 Å². The second-order valence-corrected chi connectivity index (χ2v) is 5.13. The molecule has 2 heteroatoms. The summed E-state index contributed by atoms with van der Waals surface area (Å²) in [5.41, 5.74) is 3.01. The van der Waals surface area contributed by atoms with Gasteiger partial charge in [0.2, 0.25) is 0 Å². The van der Waals surface area contributed by atoms with Gasteiger partial charge in [0, 0.05) is 18.8 Å². The minimum Gasteiger partial charge on any atom is -0.371 e. The summed E-state index contributed by atoms with van der Waals surface area (Å²) >= 11 is 0. The second-order valence-electron chi connectivity index (χ2n) is 5.13. The Labute approximate surface area is 111 Å². The summed E-state index contributed by atoms with van der Waals surface area (Å²) in [6, 6.07) is 8.86. The summed E-state index contributed by atoms with van der Waals surface area (Å²) in [5, 5.41) is 3.38. The highest BCUT2D eigenvalue weighted by Crippen LogP contribution is 2.27. The normalized spacial score (nSPS) is 13.9. The van der Waals surface area contributed by atoms with E-state index in [1.807, 2.05) is 0 Å². The lowest BCUT2D eigenvalue weighted by Gasteiger charge is -2.19. The van der Waals surface area contributed by atoms with E-state index in [1.165, 1.54) is 63.0 Å². The molecule has 1 heterocycles. The maximum Gasteiger partial charge on any atom is 0.0399 e. The lowest BCUT2D eigenvalue weighted by atomic mass is 10.1. The zero-order chi connectivity index (χ0) is 12.6. The standard InChI is InChI=1S/C16H26N2/c1-2-17-12-7-3-4-8-13-18-14-11-15-9-5-6-10-16(15)18/h5-6,9-10,17H,2-4,7-8,11-14H2,1H3. The zero-order valence-electron chi connectivity index (χ0n) is 11.6. The minimum atomic E-state index is 1.10. The molecule has 1 aromatic carbocycles. The molecule has 1 aromatic rings. The van der Waals surface area contributed by atoms with Crippen molar-refractivity contribution < 1.29 is 0 Å². The molecule has 0 fully saturated rings. The molecule has 0 amide bonds. The summed E-state index contributed by atoms with van der Waals surface area (Å²) in [6.45, 7) is 6.91. The summed E-state index contributed by atoms with van der Waals surface area (Å²) in [7, 11) is 0. The van der Waals surface area contributed by atoms with Crippen molar-refractivity contribution >= 4 is 5.69 Å². The van der Waals surface area contributed by atoms with Crippen LogP contribution in [0.5, 0.6) is 0 Å². The van der Waals surface area contributed by atoms with E-state index in [4.69, 9.17) is 0 Å². The van der Waals surface area contributed by atoms with Crippen molar-refractivity contribution in [2.24, 2.45) is 0 Å².